The molecule has 0 N–H and O–H groups in total. The summed E-state index contributed by atoms with van der Waals surface area (Å²) >= 11 is 5.81. The molecule has 4 heteroatoms. The predicted molar refractivity (Wildman–Crippen MR) is 77.4 cm³/mol. The first kappa shape index (κ1) is 14.3. The average molecular weight is 289 g/mol. The van der Waals surface area contributed by atoms with Crippen molar-refractivity contribution in [3.8, 4) is 5.75 Å². The molecule has 0 saturated heterocycles. The molecule has 0 aliphatic rings. The number of carbonyl (C=O) groups excluding carboxylic acids is 2. The Morgan fingerprint density at radius 2 is 1.70 bits per heavy atom. The van der Waals surface area contributed by atoms with Gasteiger partial charge in [0, 0.05) is 28.6 Å². The van der Waals surface area contributed by atoms with E-state index in [0.29, 0.717) is 27.5 Å². The van der Waals surface area contributed by atoms with Gasteiger partial charge in [0.25, 0.3) is 0 Å². The van der Waals surface area contributed by atoms with E-state index in [2.05, 4.69) is 0 Å². The fourth-order valence-electron chi connectivity index (χ4n) is 1.88. The summed E-state index contributed by atoms with van der Waals surface area (Å²) in [6.07, 6.45) is 0. The Balaban J connectivity index is 2.39. The van der Waals surface area contributed by atoms with Crippen LogP contribution in [0.2, 0.25) is 5.02 Å². The van der Waals surface area contributed by atoms with Crippen LogP contribution in [-0.2, 0) is 4.79 Å². The van der Waals surface area contributed by atoms with Gasteiger partial charge in [0.15, 0.2) is 5.78 Å². The second kappa shape index (κ2) is 5.88. The first-order chi connectivity index (χ1) is 9.49. The number of halogens is 1. The van der Waals surface area contributed by atoms with Crippen molar-refractivity contribution in [2.24, 2.45) is 0 Å². The quantitative estimate of drug-likeness (QED) is 0.490. The van der Waals surface area contributed by atoms with Gasteiger partial charge in [-0.1, -0.05) is 23.7 Å². The van der Waals surface area contributed by atoms with Crippen LogP contribution in [0.25, 0.3) is 0 Å². The Kier molecular flexibility index (Phi) is 4.20. The van der Waals surface area contributed by atoms with E-state index in [4.69, 9.17) is 16.3 Å². The second-order valence-corrected chi connectivity index (χ2v) is 4.79. The van der Waals surface area contributed by atoms with Crippen molar-refractivity contribution < 1.29 is 14.3 Å². The molecule has 0 heterocycles. The molecule has 102 valence electrons. The smallest absolute Gasteiger partial charge is 0.308 e. The minimum atomic E-state index is -0.413. The van der Waals surface area contributed by atoms with Gasteiger partial charge in [-0.3, -0.25) is 9.59 Å². The maximum absolute atomic E-state index is 12.4. The van der Waals surface area contributed by atoms with E-state index in [9.17, 15) is 9.59 Å². The number of carbonyl (C=O) groups is 2. The number of hydrogen-bond donors (Lipinski definition) is 0. The highest BCUT2D eigenvalue weighted by molar-refractivity contribution is 6.30. The van der Waals surface area contributed by atoms with Crippen LogP contribution in [0.5, 0.6) is 5.75 Å². The van der Waals surface area contributed by atoms with Gasteiger partial charge in [-0.05, 0) is 37.3 Å². The van der Waals surface area contributed by atoms with E-state index in [1.165, 1.54) is 6.92 Å². The van der Waals surface area contributed by atoms with E-state index in [1.54, 1.807) is 49.4 Å². The summed E-state index contributed by atoms with van der Waals surface area (Å²) in [6.45, 7) is 3.08. The standard InChI is InChI=1S/C16H13ClO3/c1-10-14(4-3-5-15(10)20-11(2)18)16(19)12-6-8-13(17)9-7-12/h3-9H,1-2H3. The molecule has 0 saturated carbocycles. The predicted octanol–water partition coefficient (Wildman–Crippen LogP) is 3.80. The molecular formula is C16H13ClO3. The van der Waals surface area contributed by atoms with Crippen LogP contribution < -0.4 is 4.74 Å². The van der Waals surface area contributed by atoms with Crippen LogP contribution in [0.4, 0.5) is 0 Å². The largest absolute Gasteiger partial charge is 0.426 e. The summed E-state index contributed by atoms with van der Waals surface area (Å²) < 4.78 is 5.08. The van der Waals surface area contributed by atoms with Crippen molar-refractivity contribution in [2.75, 3.05) is 0 Å². The van der Waals surface area contributed by atoms with E-state index in [0.717, 1.165) is 0 Å². The molecule has 0 amide bonds. The zero-order chi connectivity index (χ0) is 14.7. The highest BCUT2D eigenvalue weighted by Gasteiger charge is 2.15. The fourth-order valence-corrected chi connectivity index (χ4v) is 2.01. The Labute approximate surface area is 122 Å². The SMILES string of the molecule is CC(=O)Oc1cccc(C(=O)c2ccc(Cl)cc2)c1C. The third-order valence-electron chi connectivity index (χ3n) is 2.89. The van der Waals surface area contributed by atoms with Crippen LogP contribution in [-0.4, -0.2) is 11.8 Å². The van der Waals surface area contributed by atoms with Gasteiger partial charge in [0.1, 0.15) is 5.75 Å². The molecule has 0 unspecified atom stereocenters. The molecule has 0 spiro atoms. The number of benzene rings is 2. The minimum Gasteiger partial charge on any atom is -0.426 e. The van der Waals surface area contributed by atoms with E-state index >= 15 is 0 Å². The van der Waals surface area contributed by atoms with Crippen LogP contribution in [0.1, 0.15) is 28.4 Å². The molecule has 0 radical (unpaired) electrons. The van der Waals surface area contributed by atoms with E-state index in [-0.39, 0.29) is 5.78 Å². The zero-order valence-corrected chi connectivity index (χ0v) is 11.9. The molecule has 2 aromatic carbocycles. The lowest BCUT2D eigenvalue weighted by molar-refractivity contribution is -0.131. The van der Waals surface area contributed by atoms with E-state index in [1.807, 2.05) is 0 Å². The van der Waals surface area contributed by atoms with Gasteiger partial charge >= 0.3 is 5.97 Å². The average Bonchev–Trinajstić information content (AvgIpc) is 2.41. The molecule has 0 bridgehead atoms. The number of ether oxygens (including phenoxy) is 1. The second-order valence-electron chi connectivity index (χ2n) is 4.36. The van der Waals surface area contributed by atoms with Gasteiger partial charge in [0.05, 0.1) is 0 Å². The maximum atomic E-state index is 12.4. The summed E-state index contributed by atoms with van der Waals surface area (Å²) in [5.41, 5.74) is 1.69. The molecule has 0 atom stereocenters. The van der Waals surface area contributed by atoms with Crippen LogP contribution in [0, 0.1) is 6.92 Å². The number of esters is 1. The van der Waals surface area contributed by atoms with Crippen LogP contribution >= 0.6 is 11.6 Å². The lowest BCUT2D eigenvalue weighted by Gasteiger charge is -2.10. The first-order valence-corrected chi connectivity index (χ1v) is 6.45. The minimum absolute atomic E-state index is 0.131. The summed E-state index contributed by atoms with van der Waals surface area (Å²) in [6, 6.07) is 11.7. The van der Waals surface area contributed by atoms with Crippen LogP contribution in [0.15, 0.2) is 42.5 Å². The Morgan fingerprint density at radius 3 is 2.30 bits per heavy atom. The van der Waals surface area contributed by atoms with Crippen molar-refractivity contribution in [1.82, 2.24) is 0 Å². The Bertz CT molecular complexity index is 660. The van der Waals surface area contributed by atoms with Crippen LogP contribution in [0.3, 0.4) is 0 Å². The van der Waals surface area contributed by atoms with E-state index < -0.39 is 5.97 Å². The number of rotatable bonds is 3. The van der Waals surface area contributed by atoms with Crippen molar-refractivity contribution in [3.05, 3.63) is 64.2 Å². The van der Waals surface area contributed by atoms with Gasteiger partial charge in [-0.2, -0.15) is 0 Å². The van der Waals surface area contributed by atoms with Crippen molar-refractivity contribution in [3.63, 3.8) is 0 Å². The molecule has 20 heavy (non-hydrogen) atoms. The molecular weight excluding hydrogens is 276 g/mol. The normalized spacial score (nSPS) is 10.2. The monoisotopic (exact) mass is 288 g/mol. The van der Waals surface area contributed by atoms with Crippen molar-refractivity contribution in [2.45, 2.75) is 13.8 Å². The molecule has 3 nitrogen and oxygen atoms in total. The summed E-state index contributed by atoms with van der Waals surface area (Å²) in [7, 11) is 0. The van der Waals surface area contributed by atoms with Gasteiger partial charge in [-0.25, -0.2) is 0 Å². The van der Waals surface area contributed by atoms with Crippen molar-refractivity contribution >= 4 is 23.4 Å². The molecule has 2 aromatic rings. The molecule has 2 rings (SSSR count). The van der Waals surface area contributed by atoms with Gasteiger partial charge in [-0.15, -0.1) is 0 Å². The topological polar surface area (TPSA) is 43.4 Å². The Hall–Kier alpha value is -2.13. The fraction of sp³-hybridized carbons (Fsp3) is 0.125. The summed E-state index contributed by atoms with van der Waals surface area (Å²) in [5, 5.41) is 0.576. The molecule has 0 fully saturated rings. The maximum Gasteiger partial charge on any atom is 0.308 e. The molecule has 0 aliphatic carbocycles. The Morgan fingerprint density at radius 1 is 1.05 bits per heavy atom. The summed E-state index contributed by atoms with van der Waals surface area (Å²) in [5.74, 6) is -0.144. The third-order valence-corrected chi connectivity index (χ3v) is 3.14. The van der Waals surface area contributed by atoms with Crippen molar-refractivity contribution in [1.29, 1.82) is 0 Å². The number of hydrogen-bond acceptors (Lipinski definition) is 3. The third kappa shape index (κ3) is 3.06. The highest BCUT2D eigenvalue weighted by atomic mass is 35.5. The lowest BCUT2D eigenvalue weighted by atomic mass is 9.98. The first-order valence-electron chi connectivity index (χ1n) is 6.07. The highest BCUT2D eigenvalue weighted by Crippen LogP contribution is 2.24. The summed E-state index contributed by atoms with van der Waals surface area (Å²) in [4.78, 5) is 23.5. The van der Waals surface area contributed by atoms with Gasteiger partial charge in [0.2, 0.25) is 0 Å². The molecule has 0 aromatic heterocycles. The van der Waals surface area contributed by atoms with Gasteiger partial charge < -0.3 is 4.74 Å². The lowest BCUT2D eigenvalue weighted by Crippen LogP contribution is -2.08. The number of ketones is 1. The molecule has 0 aliphatic heterocycles. The zero-order valence-electron chi connectivity index (χ0n) is 11.1.